The van der Waals surface area contributed by atoms with Crippen LogP contribution in [0.4, 0.5) is 11.4 Å². The van der Waals surface area contributed by atoms with Gasteiger partial charge in [0.2, 0.25) is 5.96 Å². The highest BCUT2D eigenvalue weighted by molar-refractivity contribution is 6.02. The highest BCUT2D eigenvalue weighted by Gasteiger charge is 2.20. The van der Waals surface area contributed by atoms with Gasteiger partial charge in [-0.3, -0.25) is 14.9 Å². The molecule has 0 unspecified atom stereocenters. The minimum atomic E-state index is -0.889. The van der Waals surface area contributed by atoms with Crippen molar-refractivity contribution in [2.45, 2.75) is 0 Å². The molecule has 0 saturated heterocycles. The van der Waals surface area contributed by atoms with Crippen LogP contribution >= 0.6 is 0 Å². The van der Waals surface area contributed by atoms with E-state index in [-0.39, 0.29) is 17.2 Å². The van der Waals surface area contributed by atoms with Gasteiger partial charge in [-0.2, -0.15) is 4.99 Å². The number of aliphatic imine (C=N–C) groups is 2. The summed E-state index contributed by atoms with van der Waals surface area (Å²) in [5.41, 5.74) is 19.7. The molecular formula is C9H11N7O3. The molecule has 0 fully saturated rings. The maximum Gasteiger partial charge on any atom is 0.295 e. The summed E-state index contributed by atoms with van der Waals surface area (Å²) >= 11 is 0. The van der Waals surface area contributed by atoms with E-state index in [1.165, 1.54) is 12.1 Å². The minimum absolute atomic E-state index is 0.164. The van der Waals surface area contributed by atoms with Gasteiger partial charge in [0, 0.05) is 6.07 Å². The molecule has 100 valence electrons. The Labute approximate surface area is 106 Å². The van der Waals surface area contributed by atoms with Gasteiger partial charge >= 0.3 is 0 Å². The summed E-state index contributed by atoms with van der Waals surface area (Å²) in [6, 6.07) is 3.72. The number of benzene rings is 1. The Balaban J connectivity index is 3.50. The Morgan fingerprint density at radius 1 is 1.21 bits per heavy atom. The van der Waals surface area contributed by atoms with E-state index in [4.69, 9.17) is 22.9 Å². The number of primary amides is 1. The third-order valence-electron chi connectivity index (χ3n) is 1.95. The molecule has 1 aromatic rings. The molecule has 0 saturated carbocycles. The molecule has 0 aliphatic rings. The molecule has 0 bridgehead atoms. The lowest BCUT2D eigenvalue weighted by atomic mass is 10.1. The normalized spacial score (nSPS) is 10.8. The number of amides is 1. The number of nitro benzene ring substituents is 1. The Morgan fingerprint density at radius 3 is 2.32 bits per heavy atom. The largest absolute Gasteiger partial charge is 0.370 e. The van der Waals surface area contributed by atoms with Crippen molar-refractivity contribution in [3.8, 4) is 0 Å². The number of rotatable bonds is 3. The highest BCUT2D eigenvalue weighted by atomic mass is 16.6. The number of hydrogen-bond donors (Lipinski definition) is 4. The summed E-state index contributed by atoms with van der Waals surface area (Å²) in [7, 11) is 0. The Bertz CT molecular complexity index is 557. The monoisotopic (exact) mass is 265 g/mol. The molecule has 0 aliphatic carbocycles. The quantitative estimate of drug-likeness (QED) is 0.232. The topological polar surface area (TPSA) is 189 Å². The lowest BCUT2D eigenvalue weighted by Gasteiger charge is -2.03. The lowest BCUT2D eigenvalue weighted by Crippen LogP contribution is -2.26. The number of hydrogen-bond acceptors (Lipinski definition) is 4. The maximum atomic E-state index is 11.2. The third-order valence-corrected chi connectivity index (χ3v) is 1.95. The molecule has 1 amide bonds. The van der Waals surface area contributed by atoms with Gasteiger partial charge in [-0.05, 0) is 6.07 Å². The van der Waals surface area contributed by atoms with Gasteiger partial charge in [-0.1, -0.05) is 6.07 Å². The van der Waals surface area contributed by atoms with E-state index in [0.717, 1.165) is 6.07 Å². The number of nitrogens with two attached hydrogens (primary N) is 4. The first kappa shape index (κ1) is 13.9. The molecule has 1 aromatic carbocycles. The van der Waals surface area contributed by atoms with E-state index < -0.39 is 22.5 Å². The first-order valence-corrected chi connectivity index (χ1v) is 4.84. The van der Waals surface area contributed by atoms with Crippen LogP contribution in [0.1, 0.15) is 10.4 Å². The molecule has 0 aromatic heterocycles. The number of carbonyl (C=O) groups excluding carboxylic acids is 1. The third kappa shape index (κ3) is 3.39. The van der Waals surface area contributed by atoms with Crippen molar-refractivity contribution in [3.63, 3.8) is 0 Å². The van der Waals surface area contributed by atoms with Crippen LogP contribution in [-0.4, -0.2) is 22.7 Å². The van der Waals surface area contributed by atoms with Gasteiger partial charge in [-0.15, -0.1) is 0 Å². The van der Waals surface area contributed by atoms with E-state index in [1.54, 1.807) is 0 Å². The average molecular weight is 265 g/mol. The van der Waals surface area contributed by atoms with Crippen molar-refractivity contribution in [2.24, 2.45) is 32.9 Å². The summed E-state index contributed by atoms with van der Waals surface area (Å²) in [5, 5.41) is 10.9. The number of nitrogens with zero attached hydrogens (tertiary/aromatic N) is 3. The van der Waals surface area contributed by atoms with Crippen LogP contribution in [0.5, 0.6) is 0 Å². The average Bonchev–Trinajstić information content (AvgIpc) is 2.27. The molecule has 0 spiro atoms. The Kier molecular flexibility index (Phi) is 3.98. The number of nitro groups is 1. The van der Waals surface area contributed by atoms with Crippen LogP contribution in [0.2, 0.25) is 0 Å². The Hall–Kier alpha value is -3.17. The van der Waals surface area contributed by atoms with Crippen LogP contribution in [0.15, 0.2) is 28.2 Å². The van der Waals surface area contributed by atoms with Crippen LogP contribution in [0.25, 0.3) is 0 Å². The van der Waals surface area contributed by atoms with E-state index in [9.17, 15) is 14.9 Å². The van der Waals surface area contributed by atoms with E-state index >= 15 is 0 Å². The SMILES string of the molecule is NC(=O)c1cccc([N+](=O)[O-])c1N=C(N)N=C(N)N. The summed E-state index contributed by atoms with van der Waals surface area (Å²) in [6.07, 6.45) is 0. The van der Waals surface area contributed by atoms with Crippen molar-refractivity contribution in [3.05, 3.63) is 33.9 Å². The molecule has 8 N–H and O–H groups in total. The lowest BCUT2D eigenvalue weighted by molar-refractivity contribution is -0.384. The van der Waals surface area contributed by atoms with Gasteiger partial charge < -0.3 is 22.9 Å². The number of para-hydroxylation sites is 1. The first-order valence-electron chi connectivity index (χ1n) is 4.84. The van der Waals surface area contributed by atoms with Crippen molar-refractivity contribution >= 4 is 29.2 Å². The van der Waals surface area contributed by atoms with E-state index in [2.05, 4.69) is 9.98 Å². The standard InChI is InChI=1S/C9H11N7O3/c10-7(17)4-2-1-3-5(16(18)19)6(4)14-9(13)15-8(11)12/h1-3H,(H2,10,17)(H6,11,12,13,14,15). The summed E-state index contributed by atoms with van der Waals surface area (Å²) in [4.78, 5) is 28.4. The van der Waals surface area contributed by atoms with Gasteiger partial charge in [0.05, 0.1) is 10.5 Å². The molecule has 0 radical (unpaired) electrons. The van der Waals surface area contributed by atoms with Crippen LogP contribution < -0.4 is 22.9 Å². The summed E-state index contributed by atoms with van der Waals surface area (Å²) in [6.45, 7) is 0. The second kappa shape index (κ2) is 5.44. The fraction of sp³-hybridized carbons (Fsp3) is 0. The van der Waals surface area contributed by atoms with Crippen molar-refractivity contribution in [1.29, 1.82) is 0 Å². The number of guanidine groups is 2. The molecular weight excluding hydrogens is 254 g/mol. The Morgan fingerprint density at radius 2 is 1.84 bits per heavy atom. The fourth-order valence-corrected chi connectivity index (χ4v) is 1.27. The maximum absolute atomic E-state index is 11.2. The molecule has 19 heavy (non-hydrogen) atoms. The van der Waals surface area contributed by atoms with E-state index in [1.807, 2.05) is 0 Å². The smallest absolute Gasteiger partial charge is 0.295 e. The predicted octanol–water partition coefficient (Wildman–Crippen LogP) is -1.09. The van der Waals surface area contributed by atoms with Crippen LogP contribution in [0.3, 0.4) is 0 Å². The van der Waals surface area contributed by atoms with Crippen molar-refractivity contribution < 1.29 is 9.72 Å². The van der Waals surface area contributed by atoms with Gasteiger partial charge in [0.1, 0.15) is 0 Å². The van der Waals surface area contributed by atoms with E-state index in [0.29, 0.717) is 0 Å². The second-order valence-corrected chi connectivity index (χ2v) is 3.30. The zero-order valence-electron chi connectivity index (χ0n) is 9.61. The molecule has 1 rings (SSSR count). The van der Waals surface area contributed by atoms with Gasteiger partial charge in [-0.25, -0.2) is 4.99 Å². The zero-order valence-corrected chi connectivity index (χ0v) is 9.61. The number of carbonyl (C=O) groups is 1. The predicted molar refractivity (Wildman–Crippen MR) is 68.7 cm³/mol. The van der Waals surface area contributed by atoms with Crippen molar-refractivity contribution in [2.75, 3.05) is 0 Å². The molecule has 0 aliphatic heterocycles. The van der Waals surface area contributed by atoms with Crippen molar-refractivity contribution in [1.82, 2.24) is 0 Å². The minimum Gasteiger partial charge on any atom is -0.370 e. The van der Waals surface area contributed by atoms with Gasteiger partial charge in [0.15, 0.2) is 11.6 Å². The summed E-state index contributed by atoms with van der Waals surface area (Å²) in [5.74, 6) is -1.70. The highest BCUT2D eigenvalue weighted by Crippen LogP contribution is 2.30. The summed E-state index contributed by atoms with van der Waals surface area (Å²) < 4.78 is 0. The molecule has 10 heteroatoms. The van der Waals surface area contributed by atoms with Crippen LogP contribution in [0, 0.1) is 10.1 Å². The second-order valence-electron chi connectivity index (χ2n) is 3.30. The molecule has 10 nitrogen and oxygen atoms in total. The molecule has 0 heterocycles. The first-order chi connectivity index (χ1) is 8.82. The molecule has 0 atom stereocenters. The zero-order chi connectivity index (χ0) is 14.6. The fourth-order valence-electron chi connectivity index (χ4n) is 1.27. The van der Waals surface area contributed by atoms with Crippen LogP contribution in [-0.2, 0) is 0 Å². The van der Waals surface area contributed by atoms with Gasteiger partial charge in [0.25, 0.3) is 11.6 Å².